The van der Waals surface area contributed by atoms with Gasteiger partial charge in [-0.3, -0.25) is 9.48 Å². The summed E-state index contributed by atoms with van der Waals surface area (Å²) in [6, 6.07) is 2.45. The van der Waals surface area contributed by atoms with E-state index in [-0.39, 0.29) is 17.2 Å². The van der Waals surface area contributed by atoms with Crippen LogP contribution in [0, 0.1) is 27.7 Å². The van der Waals surface area contributed by atoms with Crippen LogP contribution in [0.15, 0.2) is 11.0 Å². The van der Waals surface area contributed by atoms with Gasteiger partial charge in [-0.2, -0.15) is 9.40 Å². The Morgan fingerprint density at radius 1 is 1.14 bits per heavy atom. The predicted molar refractivity (Wildman–Crippen MR) is 108 cm³/mol. The molecule has 0 atom stereocenters. The third kappa shape index (κ3) is 3.43. The average molecular weight is 407 g/mol. The molecule has 0 bridgehead atoms. The van der Waals surface area contributed by atoms with Gasteiger partial charge >= 0.3 is 0 Å². The zero-order chi connectivity index (χ0) is 20.8. The van der Waals surface area contributed by atoms with Crippen molar-refractivity contribution in [3.63, 3.8) is 0 Å². The van der Waals surface area contributed by atoms with Gasteiger partial charge in [0.1, 0.15) is 11.4 Å². The largest absolute Gasteiger partial charge is 0.345 e. The van der Waals surface area contributed by atoms with Crippen molar-refractivity contribution < 1.29 is 13.2 Å². The predicted octanol–water partition coefficient (Wildman–Crippen LogP) is 3.17. The molecular formula is C20H30N4O3S. The lowest BCUT2D eigenvalue weighted by molar-refractivity contribution is 0.0966. The van der Waals surface area contributed by atoms with Crippen LogP contribution in [-0.4, -0.2) is 45.9 Å². The molecule has 1 fully saturated rings. The molecule has 0 radical (unpaired) electrons. The maximum Gasteiger partial charge on any atom is 0.246 e. The van der Waals surface area contributed by atoms with Crippen LogP contribution in [0.1, 0.15) is 65.9 Å². The van der Waals surface area contributed by atoms with E-state index in [0.29, 0.717) is 36.1 Å². The fourth-order valence-corrected chi connectivity index (χ4v) is 5.91. The van der Waals surface area contributed by atoms with Gasteiger partial charge in [-0.25, -0.2) is 8.42 Å². The number of hydrogen-bond donors (Lipinski definition) is 0. The van der Waals surface area contributed by atoms with Gasteiger partial charge in [0.15, 0.2) is 5.78 Å². The van der Waals surface area contributed by atoms with E-state index >= 15 is 0 Å². The van der Waals surface area contributed by atoms with Gasteiger partial charge < -0.3 is 4.57 Å². The summed E-state index contributed by atoms with van der Waals surface area (Å²) in [5, 5.41) is 4.38. The van der Waals surface area contributed by atoms with Crippen LogP contribution >= 0.6 is 0 Å². The van der Waals surface area contributed by atoms with E-state index in [1.165, 1.54) is 8.99 Å². The molecule has 3 rings (SSSR count). The third-order valence-electron chi connectivity index (χ3n) is 5.61. The summed E-state index contributed by atoms with van der Waals surface area (Å²) >= 11 is 0. The molecule has 154 valence electrons. The van der Waals surface area contributed by atoms with Gasteiger partial charge in [-0.15, -0.1) is 0 Å². The van der Waals surface area contributed by atoms with Gasteiger partial charge in [0.05, 0.1) is 11.4 Å². The Morgan fingerprint density at radius 3 is 2.29 bits per heavy atom. The fourth-order valence-electron chi connectivity index (χ4n) is 4.08. The van der Waals surface area contributed by atoms with Crippen LogP contribution in [-0.2, 0) is 16.6 Å². The first-order chi connectivity index (χ1) is 13.1. The minimum Gasteiger partial charge on any atom is -0.345 e. The Bertz CT molecular complexity index is 1010. The molecule has 0 aliphatic heterocycles. The maximum absolute atomic E-state index is 13.0. The summed E-state index contributed by atoms with van der Waals surface area (Å²) in [5.74, 6) is -0.0441. The molecule has 2 aromatic heterocycles. The molecule has 1 saturated carbocycles. The minimum atomic E-state index is -3.62. The number of hydrogen-bond acceptors (Lipinski definition) is 4. The van der Waals surface area contributed by atoms with Crippen molar-refractivity contribution in [1.29, 1.82) is 0 Å². The molecular weight excluding hydrogens is 376 g/mol. The highest BCUT2D eigenvalue weighted by molar-refractivity contribution is 7.89. The highest BCUT2D eigenvalue weighted by Crippen LogP contribution is 2.38. The summed E-state index contributed by atoms with van der Waals surface area (Å²) in [4.78, 5) is 13.2. The summed E-state index contributed by atoms with van der Waals surface area (Å²) in [6.45, 7) is 11.9. The molecule has 0 N–H and O–H groups in total. The highest BCUT2D eigenvalue weighted by atomic mass is 32.2. The first-order valence-corrected chi connectivity index (χ1v) is 11.3. The fraction of sp³-hybridized carbons (Fsp3) is 0.600. The molecule has 0 unspecified atom stereocenters. The summed E-state index contributed by atoms with van der Waals surface area (Å²) in [5.41, 5.74) is 3.73. The molecule has 0 spiro atoms. The second-order valence-electron chi connectivity index (χ2n) is 7.56. The zero-order valence-corrected chi connectivity index (χ0v) is 18.4. The van der Waals surface area contributed by atoms with Gasteiger partial charge in [-0.05, 0) is 46.6 Å². The number of Topliss-reactive ketones (excluding diaryl/α,β-unsaturated/α-hetero) is 1. The quantitative estimate of drug-likeness (QED) is 0.631. The Labute approximate surface area is 167 Å². The highest BCUT2D eigenvalue weighted by Gasteiger charge is 2.31. The number of rotatable bonds is 8. The smallest absolute Gasteiger partial charge is 0.246 e. The first kappa shape index (κ1) is 20.8. The van der Waals surface area contributed by atoms with E-state index in [1.807, 2.05) is 33.8 Å². The monoisotopic (exact) mass is 406 g/mol. The van der Waals surface area contributed by atoms with Crippen LogP contribution in [0.3, 0.4) is 0 Å². The van der Waals surface area contributed by atoms with E-state index in [1.54, 1.807) is 13.8 Å². The molecule has 1 aliphatic carbocycles. The summed E-state index contributed by atoms with van der Waals surface area (Å²) < 4.78 is 31.1. The number of sulfonamides is 1. The normalized spacial score (nSPS) is 14.8. The summed E-state index contributed by atoms with van der Waals surface area (Å²) in [6.07, 6.45) is 2.32. The average Bonchev–Trinajstić information content (AvgIpc) is 3.33. The van der Waals surface area contributed by atoms with Gasteiger partial charge in [-0.1, -0.05) is 13.8 Å². The Kier molecular flexibility index (Phi) is 5.55. The first-order valence-electron chi connectivity index (χ1n) is 9.89. The van der Waals surface area contributed by atoms with Crippen LogP contribution < -0.4 is 0 Å². The van der Waals surface area contributed by atoms with Gasteiger partial charge in [0.2, 0.25) is 10.0 Å². The topological polar surface area (TPSA) is 77.2 Å². The van der Waals surface area contributed by atoms with E-state index < -0.39 is 10.0 Å². The molecule has 1 aliphatic rings. The molecule has 7 nitrogen and oxygen atoms in total. The SMILES string of the molecule is CCN(CC)S(=O)(=O)c1c(C)nn(CC(=O)c2cc(C)n(C3CC3)c2C)c1C. The van der Waals surface area contributed by atoms with Crippen molar-refractivity contribution in [2.45, 2.75) is 71.9 Å². The molecule has 2 aromatic rings. The number of aryl methyl sites for hydroxylation is 2. The third-order valence-corrected chi connectivity index (χ3v) is 7.91. The van der Waals surface area contributed by atoms with E-state index in [0.717, 1.165) is 24.2 Å². The van der Waals surface area contributed by atoms with Gasteiger partial charge in [0.25, 0.3) is 0 Å². The molecule has 0 amide bonds. The number of carbonyl (C=O) groups excluding carboxylic acids is 1. The van der Waals surface area contributed by atoms with Crippen LogP contribution in [0.5, 0.6) is 0 Å². The number of nitrogens with zero attached hydrogens (tertiary/aromatic N) is 4. The lowest BCUT2D eigenvalue weighted by Crippen LogP contribution is -2.31. The second kappa shape index (κ2) is 7.48. The van der Waals surface area contributed by atoms with E-state index in [2.05, 4.69) is 9.67 Å². The van der Waals surface area contributed by atoms with E-state index in [9.17, 15) is 13.2 Å². The van der Waals surface area contributed by atoms with Crippen molar-refractivity contribution in [3.05, 3.63) is 34.4 Å². The minimum absolute atomic E-state index is 0.0371. The number of carbonyl (C=O) groups is 1. The molecule has 2 heterocycles. The van der Waals surface area contributed by atoms with Crippen molar-refractivity contribution in [2.75, 3.05) is 13.1 Å². The lowest BCUT2D eigenvalue weighted by Gasteiger charge is -2.18. The van der Waals surface area contributed by atoms with E-state index in [4.69, 9.17) is 0 Å². The maximum atomic E-state index is 13.0. The zero-order valence-electron chi connectivity index (χ0n) is 17.6. The molecule has 0 saturated heterocycles. The van der Waals surface area contributed by atoms with Crippen molar-refractivity contribution in [3.8, 4) is 0 Å². The standard InChI is InChI=1S/C20H30N4O3S/c1-7-22(8-2)28(26,27)20-14(4)21-23(16(20)6)12-19(25)18-11-13(3)24(15(18)5)17-9-10-17/h11,17H,7-10,12H2,1-6H3. The summed E-state index contributed by atoms with van der Waals surface area (Å²) in [7, 11) is -3.62. The Balaban J connectivity index is 1.92. The molecule has 28 heavy (non-hydrogen) atoms. The number of ketones is 1. The van der Waals surface area contributed by atoms with Crippen LogP contribution in [0.2, 0.25) is 0 Å². The van der Waals surface area contributed by atoms with Crippen molar-refractivity contribution in [1.82, 2.24) is 18.7 Å². The Morgan fingerprint density at radius 2 is 1.75 bits per heavy atom. The lowest BCUT2D eigenvalue weighted by atomic mass is 10.1. The van der Waals surface area contributed by atoms with Crippen LogP contribution in [0.25, 0.3) is 0 Å². The van der Waals surface area contributed by atoms with Gasteiger partial charge in [0, 0.05) is 36.1 Å². The second-order valence-corrected chi connectivity index (χ2v) is 9.43. The molecule has 8 heteroatoms. The van der Waals surface area contributed by atoms with Crippen molar-refractivity contribution in [2.24, 2.45) is 0 Å². The van der Waals surface area contributed by atoms with Crippen molar-refractivity contribution >= 4 is 15.8 Å². The Hall–Kier alpha value is -1.93. The van der Waals surface area contributed by atoms with Crippen LogP contribution in [0.4, 0.5) is 0 Å². The molecule has 0 aromatic carbocycles. The number of aromatic nitrogens is 3.